The Balaban J connectivity index is 1.47. The summed E-state index contributed by atoms with van der Waals surface area (Å²) in [7, 11) is 0. The zero-order chi connectivity index (χ0) is 17.8. The highest BCUT2D eigenvalue weighted by molar-refractivity contribution is 7.11. The van der Waals surface area contributed by atoms with Crippen LogP contribution in [0.5, 0.6) is 0 Å². The van der Waals surface area contributed by atoms with E-state index in [2.05, 4.69) is 54.9 Å². The van der Waals surface area contributed by atoms with Gasteiger partial charge in [0.05, 0.1) is 13.0 Å². The van der Waals surface area contributed by atoms with Gasteiger partial charge in [-0.2, -0.15) is 0 Å². The van der Waals surface area contributed by atoms with E-state index in [0.29, 0.717) is 12.3 Å². The Morgan fingerprint density at radius 2 is 1.84 bits per heavy atom. The van der Waals surface area contributed by atoms with Crippen LogP contribution in [-0.2, 0) is 17.8 Å². The molecule has 134 valence electrons. The maximum absolute atomic E-state index is 12.5. The smallest absolute Gasteiger partial charge is 0.227 e. The lowest BCUT2D eigenvalue weighted by molar-refractivity contribution is -0.132. The lowest BCUT2D eigenvalue weighted by Crippen LogP contribution is -2.48. The van der Waals surface area contributed by atoms with Gasteiger partial charge in [-0.3, -0.25) is 9.69 Å². The number of hydrogen-bond acceptors (Lipinski definition) is 4. The van der Waals surface area contributed by atoms with Crippen molar-refractivity contribution >= 4 is 17.2 Å². The van der Waals surface area contributed by atoms with Crippen molar-refractivity contribution in [3.8, 4) is 0 Å². The molecule has 5 heteroatoms. The Morgan fingerprint density at radius 1 is 1.16 bits per heavy atom. The van der Waals surface area contributed by atoms with E-state index in [1.54, 1.807) is 0 Å². The molecule has 0 saturated carbocycles. The van der Waals surface area contributed by atoms with Crippen LogP contribution in [0, 0.1) is 6.92 Å². The molecule has 2 aromatic rings. The quantitative estimate of drug-likeness (QED) is 0.822. The van der Waals surface area contributed by atoms with Crippen molar-refractivity contribution in [1.82, 2.24) is 14.8 Å². The average molecular weight is 358 g/mol. The van der Waals surface area contributed by atoms with Gasteiger partial charge in [-0.05, 0) is 18.4 Å². The van der Waals surface area contributed by atoms with Gasteiger partial charge in [0.1, 0.15) is 5.01 Å². The normalized spacial score (nSPS) is 15.8. The molecule has 0 atom stereocenters. The van der Waals surface area contributed by atoms with Gasteiger partial charge in [0.25, 0.3) is 0 Å². The molecular formula is C20H27N3OS. The molecule has 0 unspecified atom stereocenters. The summed E-state index contributed by atoms with van der Waals surface area (Å²) in [5.74, 6) is 0.780. The number of amides is 1. The van der Waals surface area contributed by atoms with Crippen molar-refractivity contribution in [1.29, 1.82) is 0 Å². The van der Waals surface area contributed by atoms with Gasteiger partial charge in [-0.15, -0.1) is 11.3 Å². The molecule has 1 aliphatic heterocycles. The minimum Gasteiger partial charge on any atom is -0.340 e. The third-order valence-corrected chi connectivity index (χ3v) is 5.98. The van der Waals surface area contributed by atoms with E-state index in [1.807, 2.05) is 22.4 Å². The van der Waals surface area contributed by atoms with E-state index in [9.17, 15) is 4.79 Å². The summed E-state index contributed by atoms with van der Waals surface area (Å²) in [6.45, 7) is 10.9. The molecule has 4 nitrogen and oxygen atoms in total. The maximum Gasteiger partial charge on any atom is 0.227 e. The number of carbonyl (C=O) groups excluding carboxylic acids is 1. The zero-order valence-corrected chi connectivity index (χ0v) is 16.2. The molecule has 0 aliphatic carbocycles. The molecule has 2 heterocycles. The van der Waals surface area contributed by atoms with Crippen LogP contribution >= 0.6 is 11.3 Å². The Bertz CT molecular complexity index is 700. The van der Waals surface area contributed by atoms with E-state index in [1.165, 1.54) is 15.4 Å². The molecule has 1 fully saturated rings. The second-order valence-corrected chi connectivity index (χ2v) is 8.28. The molecule has 1 amide bonds. The summed E-state index contributed by atoms with van der Waals surface area (Å²) in [6.07, 6.45) is 2.51. The zero-order valence-electron chi connectivity index (χ0n) is 15.4. The van der Waals surface area contributed by atoms with E-state index < -0.39 is 0 Å². The van der Waals surface area contributed by atoms with Crippen molar-refractivity contribution < 1.29 is 4.79 Å². The molecular weight excluding hydrogens is 330 g/mol. The lowest BCUT2D eigenvalue weighted by atomic mass is 10.1. The fraction of sp³-hybridized carbons (Fsp3) is 0.500. The first-order chi connectivity index (χ1) is 12.0. The highest BCUT2D eigenvalue weighted by Crippen LogP contribution is 2.23. The second-order valence-electron chi connectivity index (χ2n) is 7.13. The number of piperazine rings is 1. The van der Waals surface area contributed by atoms with Crippen molar-refractivity contribution in [3.05, 3.63) is 51.5 Å². The molecule has 1 aromatic heterocycles. The molecule has 25 heavy (non-hydrogen) atoms. The molecule has 1 aromatic carbocycles. The third kappa shape index (κ3) is 4.89. The van der Waals surface area contributed by atoms with Crippen LogP contribution in [0.15, 0.2) is 30.5 Å². The largest absolute Gasteiger partial charge is 0.340 e. The van der Waals surface area contributed by atoms with Crippen LogP contribution in [0.3, 0.4) is 0 Å². The Kier molecular flexibility index (Phi) is 5.86. The standard InChI is InChI=1S/C20H27N3OS/c1-15(2)18-13-21-19(25-18)14-22-8-10-23(11-9-22)20(24)12-17-6-4-16(3)5-7-17/h4-7,13,15H,8-12,14H2,1-3H3. The predicted octanol–water partition coefficient (Wildman–Crippen LogP) is 3.46. The van der Waals surface area contributed by atoms with Gasteiger partial charge in [-0.25, -0.2) is 4.98 Å². The number of aryl methyl sites for hydroxylation is 1. The molecule has 1 saturated heterocycles. The first kappa shape index (κ1) is 18.1. The number of aromatic nitrogens is 1. The Labute approximate surface area is 154 Å². The fourth-order valence-corrected chi connectivity index (χ4v) is 3.97. The molecule has 0 spiro atoms. The minimum atomic E-state index is 0.236. The Hall–Kier alpha value is -1.72. The lowest BCUT2D eigenvalue weighted by Gasteiger charge is -2.34. The molecule has 3 rings (SSSR count). The molecule has 0 radical (unpaired) electrons. The maximum atomic E-state index is 12.5. The van der Waals surface area contributed by atoms with E-state index >= 15 is 0 Å². The third-order valence-electron chi connectivity index (χ3n) is 4.70. The van der Waals surface area contributed by atoms with Gasteiger partial charge in [-0.1, -0.05) is 43.7 Å². The molecule has 1 aliphatic rings. The highest BCUT2D eigenvalue weighted by Gasteiger charge is 2.22. The summed E-state index contributed by atoms with van der Waals surface area (Å²) in [6, 6.07) is 8.25. The van der Waals surface area contributed by atoms with Gasteiger partial charge in [0.2, 0.25) is 5.91 Å². The summed E-state index contributed by atoms with van der Waals surface area (Å²) in [5, 5.41) is 1.18. The van der Waals surface area contributed by atoms with Crippen LogP contribution < -0.4 is 0 Å². The van der Waals surface area contributed by atoms with Crippen molar-refractivity contribution in [3.63, 3.8) is 0 Å². The first-order valence-electron chi connectivity index (χ1n) is 9.01. The number of rotatable bonds is 5. The van der Waals surface area contributed by atoms with Crippen LogP contribution in [0.2, 0.25) is 0 Å². The monoisotopic (exact) mass is 357 g/mol. The van der Waals surface area contributed by atoms with Crippen molar-refractivity contribution in [2.75, 3.05) is 26.2 Å². The van der Waals surface area contributed by atoms with Crippen molar-refractivity contribution in [2.45, 2.75) is 39.7 Å². The number of nitrogens with zero attached hydrogens (tertiary/aromatic N) is 3. The predicted molar refractivity (Wildman–Crippen MR) is 103 cm³/mol. The first-order valence-corrected chi connectivity index (χ1v) is 9.83. The van der Waals surface area contributed by atoms with Crippen LogP contribution in [0.1, 0.15) is 40.8 Å². The number of thiazole rings is 1. The summed E-state index contributed by atoms with van der Waals surface area (Å²) in [5.41, 5.74) is 2.33. The highest BCUT2D eigenvalue weighted by atomic mass is 32.1. The minimum absolute atomic E-state index is 0.236. The summed E-state index contributed by atoms with van der Waals surface area (Å²) >= 11 is 1.81. The van der Waals surface area contributed by atoms with Gasteiger partial charge in [0.15, 0.2) is 0 Å². The van der Waals surface area contributed by atoms with Crippen LogP contribution in [0.25, 0.3) is 0 Å². The average Bonchev–Trinajstić information content (AvgIpc) is 3.06. The van der Waals surface area contributed by atoms with Crippen LogP contribution in [-0.4, -0.2) is 46.9 Å². The van der Waals surface area contributed by atoms with Crippen molar-refractivity contribution in [2.24, 2.45) is 0 Å². The topological polar surface area (TPSA) is 36.4 Å². The van der Waals surface area contributed by atoms with E-state index in [-0.39, 0.29) is 5.91 Å². The number of carbonyl (C=O) groups is 1. The van der Waals surface area contributed by atoms with Gasteiger partial charge >= 0.3 is 0 Å². The van der Waals surface area contributed by atoms with Crippen LogP contribution in [0.4, 0.5) is 0 Å². The number of benzene rings is 1. The van der Waals surface area contributed by atoms with Gasteiger partial charge in [0, 0.05) is 37.3 Å². The fourth-order valence-electron chi connectivity index (χ4n) is 3.00. The summed E-state index contributed by atoms with van der Waals surface area (Å²) < 4.78 is 0. The van der Waals surface area contributed by atoms with Gasteiger partial charge < -0.3 is 4.90 Å². The van der Waals surface area contributed by atoms with E-state index in [0.717, 1.165) is 38.3 Å². The second kappa shape index (κ2) is 8.11. The SMILES string of the molecule is Cc1ccc(CC(=O)N2CCN(Cc3ncc(C(C)C)s3)CC2)cc1. The molecule has 0 N–H and O–H groups in total. The molecule has 0 bridgehead atoms. The number of hydrogen-bond donors (Lipinski definition) is 0. The Morgan fingerprint density at radius 3 is 2.44 bits per heavy atom. The summed E-state index contributed by atoms with van der Waals surface area (Å²) in [4.78, 5) is 22.8. The van der Waals surface area contributed by atoms with E-state index in [4.69, 9.17) is 0 Å².